The van der Waals surface area contributed by atoms with E-state index in [0.717, 1.165) is 12.1 Å². The lowest BCUT2D eigenvalue weighted by Crippen LogP contribution is -2.10. The molecule has 0 saturated carbocycles. The van der Waals surface area contributed by atoms with Crippen molar-refractivity contribution in [1.29, 1.82) is 0 Å². The van der Waals surface area contributed by atoms with Crippen molar-refractivity contribution < 1.29 is 13.2 Å². The zero-order valence-corrected chi connectivity index (χ0v) is 10.1. The number of hydrogen-bond acceptors (Lipinski definition) is 2. The summed E-state index contributed by atoms with van der Waals surface area (Å²) in [5.74, 6) is 0.597. The minimum atomic E-state index is -4.35. The minimum Gasteiger partial charge on any atom is -0.324 e. The number of nitrogens with zero attached hydrogens (tertiary/aromatic N) is 2. The molecule has 2 aromatic rings. The summed E-state index contributed by atoms with van der Waals surface area (Å²) in [5.41, 5.74) is 5.89. The molecule has 18 heavy (non-hydrogen) atoms. The predicted octanol–water partition coefficient (Wildman–Crippen LogP) is 3.09. The zero-order chi connectivity index (χ0) is 13.5. The fourth-order valence-electron chi connectivity index (χ4n) is 2.05. The summed E-state index contributed by atoms with van der Waals surface area (Å²) in [5, 5.41) is 0. The van der Waals surface area contributed by atoms with Crippen LogP contribution in [0.3, 0.4) is 0 Å². The number of alkyl halides is 3. The molecule has 0 atom stereocenters. The molecule has 0 radical (unpaired) electrons. The summed E-state index contributed by atoms with van der Waals surface area (Å²) >= 11 is 0. The first-order chi connectivity index (χ1) is 8.34. The second kappa shape index (κ2) is 4.28. The topological polar surface area (TPSA) is 43.8 Å². The summed E-state index contributed by atoms with van der Waals surface area (Å²) in [6.07, 6.45) is -4.35. The van der Waals surface area contributed by atoms with Gasteiger partial charge in [-0.3, -0.25) is 0 Å². The second-order valence-corrected chi connectivity index (χ2v) is 4.40. The Morgan fingerprint density at radius 3 is 2.50 bits per heavy atom. The third kappa shape index (κ3) is 2.08. The van der Waals surface area contributed by atoms with E-state index < -0.39 is 11.7 Å². The monoisotopic (exact) mass is 257 g/mol. The van der Waals surface area contributed by atoms with E-state index in [2.05, 4.69) is 4.98 Å². The highest BCUT2D eigenvalue weighted by Crippen LogP contribution is 2.32. The van der Waals surface area contributed by atoms with Gasteiger partial charge in [0.1, 0.15) is 5.82 Å². The summed E-state index contributed by atoms with van der Waals surface area (Å²) in [4.78, 5) is 4.16. The van der Waals surface area contributed by atoms with E-state index in [-0.39, 0.29) is 12.6 Å². The minimum absolute atomic E-state index is 0.102. The van der Waals surface area contributed by atoms with Gasteiger partial charge in [-0.05, 0) is 32.0 Å². The summed E-state index contributed by atoms with van der Waals surface area (Å²) < 4.78 is 39.7. The molecule has 0 aliphatic heterocycles. The van der Waals surface area contributed by atoms with Gasteiger partial charge in [0.2, 0.25) is 0 Å². The molecule has 1 heterocycles. The summed E-state index contributed by atoms with van der Waals surface area (Å²) in [6.45, 7) is 4.09. The van der Waals surface area contributed by atoms with E-state index >= 15 is 0 Å². The maximum atomic E-state index is 12.6. The van der Waals surface area contributed by atoms with Crippen LogP contribution in [0.15, 0.2) is 18.2 Å². The Kier molecular flexibility index (Phi) is 3.06. The maximum Gasteiger partial charge on any atom is 0.416 e. The lowest BCUT2D eigenvalue weighted by molar-refractivity contribution is -0.137. The Morgan fingerprint density at radius 1 is 1.33 bits per heavy atom. The number of benzene rings is 1. The molecule has 0 spiro atoms. The van der Waals surface area contributed by atoms with Gasteiger partial charge >= 0.3 is 6.18 Å². The summed E-state index contributed by atoms with van der Waals surface area (Å²) in [6, 6.07) is 3.69. The predicted molar refractivity (Wildman–Crippen MR) is 63.0 cm³/mol. The molecule has 6 heteroatoms. The lowest BCUT2D eigenvalue weighted by atomic mass is 10.2. The number of halogens is 3. The van der Waals surface area contributed by atoms with Gasteiger partial charge in [-0.25, -0.2) is 4.98 Å². The van der Waals surface area contributed by atoms with Crippen molar-refractivity contribution in [2.75, 3.05) is 0 Å². The first kappa shape index (κ1) is 12.9. The van der Waals surface area contributed by atoms with Crippen molar-refractivity contribution in [3.63, 3.8) is 0 Å². The molecule has 98 valence electrons. The maximum absolute atomic E-state index is 12.6. The van der Waals surface area contributed by atoms with Gasteiger partial charge in [-0.15, -0.1) is 0 Å². The van der Waals surface area contributed by atoms with E-state index in [1.165, 1.54) is 6.07 Å². The van der Waals surface area contributed by atoms with Crippen LogP contribution in [0.1, 0.15) is 31.3 Å². The Morgan fingerprint density at radius 2 is 2.00 bits per heavy atom. The molecular weight excluding hydrogens is 243 g/mol. The number of nitrogens with two attached hydrogens (primary N) is 1. The molecule has 1 aromatic carbocycles. The number of aromatic nitrogens is 2. The average Bonchev–Trinajstić information content (AvgIpc) is 2.64. The van der Waals surface area contributed by atoms with Crippen LogP contribution in [0.5, 0.6) is 0 Å². The van der Waals surface area contributed by atoms with Gasteiger partial charge in [0.15, 0.2) is 0 Å². The van der Waals surface area contributed by atoms with E-state index in [4.69, 9.17) is 5.73 Å². The first-order valence-corrected chi connectivity index (χ1v) is 5.62. The number of hydrogen-bond donors (Lipinski definition) is 1. The van der Waals surface area contributed by atoms with Gasteiger partial charge in [0, 0.05) is 6.04 Å². The molecule has 0 aliphatic carbocycles. The van der Waals surface area contributed by atoms with Crippen LogP contribution in [0, 0.1) is 0 Å². The van der Waals surface area contributed by atoms with Crippen LogP contribution in [0.2, 0.25) is 0 Å². The normalized spacial score (nSPS) is 12.6. The smallest absolute Gasteiger partial charge is 0.324 e. The van der Waals surface area contributed by atoms with Gasteiger partial charge in [0.05, 0.1) is 23.1 Å². The molecule has 3 nitrogen and oxygen atoms in total. The van der Waals surface area contributed by atoms with Gasteiger partial charge < -0.3 is 10.3 Å². The zero-order valence-electron chi connectivity index (χ0n) is 10.1. The van der Waals surface area contributed by atoms with Crippen LogP contribution in [0.4, 0.5) is 13.2 Å². The third-order valence-electron chi connectivity index (χ3n) is 2.79. The van der Waals surface area contributed by atoms with Crippen molar-refractivity contribution in [3.05, 3.63) is 29.6 Å². The van der Waals surface area contributed by atoms with Crippen LogP contribution in [-0.2, 0) is 12.7 Å². The van der Waals surface area contributed by atoms with Gasteiger partial charge in [-0.2, -0.15) is 13.2 Å². The molecule has 1 aromatic heterocycles. The molecule has 2 rings (SSSR count). The Labute approximate surface area is 102 Å². The quantitative estimate of drug-likeness (QED) is 0.898. The van der Waals surface area contributed by atoms with Gasteiger partial charge in [-0.1, -0.05) is 0 Å². The number of imidazole rings is 1. The highest BCUT2D eigenvalue weighted by molar-refractivity contribution is 5.77. The standard InChI is InChI=1S/C12H14F3N3/c1-7(2)18-10-4-3-8(12(13,14)15)5-9(10)17-11(18)6-16/h3-5,7H,6,16H2,1-2H3. The molecular formula is C12H14F3N3. The second-order valence-electron chi connectivity index (χ2n) is 4.40. The Hall–Kier alpha value is -1.56. The van der Waals surface area contributed by atoms with Crippen molar-refractivity contribution in [2.45, 2.75) is 32.6 Å². The average molecular weight is 257 g/mol. The molecule has 2 N–H and O–H groups in total. The van der Waals surface area contributed by atoms with Crippen molar-refractivity contribution in [1.82, 2.24) is 9.55 Å². The fourth-order valence-corrected chi connectivity index (χ4v) is 2.05. The van der Waals surface area contributed by atoms with E-state index in [1.54, 1.807) is 0 Å². The van der Waals surface area contributed by atoms with Gasteiger partial charge in [0.25, 0.3) is 0 Å². The molecule has 0 aliphatic rings. The lowest BCUT2D eigenvalue weighted by Gasteiger charge is -2.12. The molecule has 0 bridgehead atoms. The molecule has 0 unspecified atom stereocenters. The van der Waals surface area contributed by atoms with E-state index in [0.29, 0.717) is 16.9 Å². The van der Waals surface area contributed by atoms with Crippen LogP contribution < -0.4 is 5.73 Å². The van der Waals surface area contributed by atoms with Crippen molar-refractivity contribution >= 4 is 11.0 Å². The van der Waals surface area contributed by atoms with E-state index in [1.807, 2.05) is 18.4 Å². The number of rotatable bonds is 2. The third-order valence-corrected chi connectivity index (χ3v) is 2.79. The molecule has 0 saturated heterocycles. The first-order valence-electron chi connectivity index (χ1n) is 5.62. The Bertz CT molecular complexity index is 570. The van der Waals surface area contributed by atoms with Crippen LogP contribution >= 0.6 is 0 Å². The van der Waals surface area contributed by atoms with Crippen LogP contribution in [0.25, 0.3) is 11.0 Å². The highest BCUT2D eigenvalue weighted by Gasteiger charge is 2.31. The van der Waals surface area contributed by atoms with E-state index in [9.17, 15) is 13.2 Å². The van der Waals surface area contributed by atoms with Crippen molar-refractivity contribution in [2.24, 2.45) is 5.73 Å². The Balaban J connectivity index is 2.67. The summed E-state index contributed by atoms with van der Waals surface area (Å²) in [7, 11) is 0. The molecule has 0 fully saturated rings. The fraction of sp³-hybridized carbons (Fsp3) is 0.417. The number of fused-ring (bicyclic) bond motifs is 1. The molecule has 0 amide bonds. The SMILES string of the molecule is CC(C)n1c(CN)nc2cc(C(F)(F)F)ccc21. The largest absolute Gasteiger partial charge is 0.416 e. The highest BCUT2D eigenvalue weighted by atomic mass is 19.4. The van der Waals surface area contributed by atoms with Crippen LogP contribution in [-0.4, -0.2) is 9.55 Å². The van der Waals surface area contributed by atoms with Crippen molar-refractivity contribution in [3.8, 4) is 0 Å².